The number of hydrogen-bond acceptors (Lipinski definition) is 2. The quantitative estimate of drug-likeness (QED) is 0.633. The van der Waals surface area contributed by atoms with Gasteiger partial charge in [-0.25, -0.2) is 0 Å². The Bertz CT molecular complexity index is 211. The number of rotatable bonds is 0. The second kappa shape index (κ2) is 2.35. The van der Waals surface area contributed by atoms with Gasteiger partial charge in [0.1, 0.15) is 0 Å². The highest BCUT2D eigenvalue weighted by atomic mass is 16.3. The van der Waals surface area contributed by atoms with Crippen molar-refractivity contribution in [3.63, 3.8) is 0 Å². The molecule has 0 aromatic rings. The Kier molecular flexibility index (Phi) is 1.54. The summed E-state index contributed by atoms with van der Waals surface area (Å²) >= 11 is 0. The third-order valence-corrected chi connectivity index (χ3v) is 5.49. The maximum absolute atomic E-state index is 10.4. The zero-order chi connectivity index (χ0) is 10.1. The van der Waals surface area contributed by atoms with E-state index in [-0.39, 0.29) is 5.60 Å². The lowest BCUT2D eigenvalue weighted by Gasteiger charge is -2.65. The molecule has 2 nitrogen and oxygen atoms in total. The van der Waals surface area contributed by atoms with Crippen LogP contribution < -0.4 is 0 Å². The molecule has 4 fully saturated rings. The van der Waals surface area contributed by atoms with Crippen molar-refractivity contribution < 1.29 is 5.11 Å². The van der Waals surface area contributed by atoms with Crippen molar-refractivity contribution in [2.45, 2.75) is 44.8 Å². The molecule has 0 aromatic carbocycles. The van der Waals surface area contributed by atoms with E-state index in [9.17, 15) is 5.11 Å². The van der Waals surface area contributed by atoms with Gasteiger partial charge in [-0.3, -0.25) is 4.90 Å². The van der Waals surface area contributed by atoms with Gasteiger partial charge in [0.05, 0.1) is 5.60 Å². The Hall–Kier alpha value is -0.0800. The molecule has 4 bridgehead atoms. The normalized spacial score (nSPS) is 59.1. The topological polar surface area (TPSA) is 23.5 Å². The maximum atomic E-state index is 10.4. The van der Waals surface area contributed by atoms with Gasteiger partial charge in [0, 0.05) is 30.5 Å². The highest BCUT2D eigenvalue weighted by molar-refractivity contribution is 5.12. The molecule has 4 aliphatic rings. The van der Waals surface area contributed by atoms with Gasteiger partial charge in [0.2, 0.25) is 0 Å². The van der Waals surface area contributed by atoms with Crippen molar-refractivity contribution in [1.82, 2.24) is 4.90 Å². The van der Waals surface area contributed by atoms with Crippen molar-refractivity contribution in [3.8, 4) is 0 Å². The van der Waals surface area contributed by atoms with Crippen LogP contribution in [0.1, 0.15) is 33.6 Å². The summed E-state index contributed by atoms with van der Waals surface area (Å²) in [5.74, 6) is 1.89. The van der Waals surface area contributed by atoms with Gasteiger partial charge < -0.3 is 5.11 Å². The van der Waals surface area contributed by atoms with Crippen LogP contribution in [0.15, 0.2) is 0 Å². The molecular weight excluding hydrogens is 174 g/mol. The highest BCUT2D eigenvalue weighted by Crippen LogP contribution is 2.55. The summed E-state index contributed by atoms with van der Waals surface area (Å²) in [5, 5.41) is 10.4. The Morgan fingerprint density at radius 3 is 1.93 bits per heavy atom. The average Bonchev–Trinajstić information content (AvgIpc) is 1.98. The minimum atomic E-state index is -0.372. The smallest absolute Gasteiger partial charge is 0.0700 e. The largest absolute Gasteiger partial charge is 0.390 e. The van der Waals surface area contributed by atoms with Crippen molar-refractivity contribution in [2.24, 2.45) is 17.8 Å². The van der Waals surface area contributed by atoms with Gasteiger partial charge in [0.15, 0.2) is 0 Å². The first-order valence-corrected chi connectivity index (χ1v) is 5.90. The fraction of sp³-hybridized carbons (Fsp3) is 1.00. The SMILES string of the molecule is CC1(O)[C@@H]2CC3C[C@H]1CN(C2)C3(C)C. The highest BCUT2D eigenvalue weighted by Gasteiger charge is 2.59. The Balaban J connectivity index is 1.98. The van der Waals surface area contributed by atoms with E-state index in [2.05, 4.69) is 25.7 Å². The standard InChI is InChI=1S/C12H21NO/c1-11(2)8-4-9-6-13(11)7-10(5-8)12(9,3)14/h8-10,14H,4-7H2,1-3H3/t8?,9-,10+,12?. The lowest BCUT2D eigenvalue weighted by atomic mass is 9.54. The number of aliphatic hydroxyl groups is 1. The summed E-state index contributed by atoms with van der Waals surface area (Å²) in [7, 11) is 0. The molecule has 14 heavy (non-hydrogen) atoms. The number of hydrogen-bond donors (Lipinski definition) is 1. The minimum absolute atomic E-state index is 0.372. The van der Waals surface area contributed by atoms with Crippen LogP contribution in [0.2, 0.25) is 0 Å². The monoisotopic (exact) mass is 195 g/mol. The molecule has 4 rings (SSSR count). The van der Waals surface area contributed by atoms with Crippen LogP contribution in [0, 0.1) is 17.8 Å². The summed E-state index contributed by atoms with van der Waals surface area (Å²) in [4.78, 5) is 2.61. The van der Waals surface area contributed by atoms with E-state index in [0.29, 0.717) is 17.4 Å². The van der Waals surface area contributed by atoms with Gasteiger partial charge >= 0.3 is 0 Å². The molecule has 5 atom stereocenters. The average molecular weight is 195 g/mol. The molecule has 0 aromatic heterocycles. The van der Waals surface area contributed by atoms with Crippen LogP contribution in [-0.4, -0.2) is 34.2 Å². The molecule has 1 N–H and O–H groups in total. The van der Waals surface area contributed by atoms with Gasteiger partial charge in [-0.1, -0.05) is 0 Å². The summed E-state index contributed by atoms with van der Waals surface area (Å²) < 4.78 is 0. The Labute approximate surface area is 86.3 Å². The van der Waals surface area contributed by atoms with Gasteiger partial charge in [-0.05, 0) is 39.5 Å². The van der Waals surface area contributed by atoms with Crippen molar-refractivity contribution in [2.75, 3.05) is 13.1 Å². The minimum Gasteiger partial charge on any atom is -0.390 e. The zero-order valence-electron chi connectivity index (χ0n) is 9.45. The second-order valence-corrected chi connectivity index (χ2v) is 6.35. The molecule has 1 aliphatic carbocycles. The molecule has 3 saturated heterocycles. The molecule has 2 heteroatoms. The number of nitrogens with zero attached hydrogens (tertiary/aromatic N) is 1. The molecule has 0 amide bonds. The van der Waals surface area contributed by atoms with Crippen LogP contribution >= 0.6 is 0 Å². The fourth-order valence-corrected chi connectivity index (χ4v) is 4.02. The fourth-order valence-electron chi connectivity index (χ4n) is 4.02. The molecule has 0 spiro atoms. The van der Waals surface area contributed by atoms with E-state index in [1.54, 1.807) is 0 Å². The van der Waals surface area contributed by atoms with Gasteiger partial charge in [-0.15, -0.1) is 0 Å². The first-order valence-electron chi connectivity index (χ1n) is 5.90. The van der Waals surface area contributed by atoms with E-state index >= 15 is 0 Å². The van der Waals surface area contributed by atoms with Crippen molar-refractivity contribution in [3.05, 3.63) is 0 Å². The second-order valence-electron chi connectivity index (χ2n) is 6.35. The van der Waals surface area contributed by atoms with Gasteiger partial charge in [-0.2, -0.15) is 0 Å². The van der Waals surface area contributed by atoms with Crippen LogP contribution in [0.4, 0.5) is 0 Å². The van der Waals surface area contributed by atoms with E-state index in [1.807, 2.05) is 0 Å². The summed E-state index contributed by atoms with van der Waals surface area (Å²) in [6.07, 6.45) is 2.49. The lowest BCUT2D eigenvalue weighted by molar-refractivity contribution is -0.213. The molecule has 3 heterocycles. The summed E-state index contributed by atoms with van der Waals surface area (Å²) in [6, 6.07) is 0. The van der Waals surface area contributed by atoms with Crippen LogP contribution in [0.5, 0.6) is 0 Å². The molecule has 3 aliphatic heterocycles. The van der Waals surface area contributed by atoms with Crippen molar-refractivity contribution in [1.29, 1.82) is 0 Å². The molecule has 0 radical (unpaired) electrons. The van der Waals surface area contributed by atoms with E-state index in [1.165, 1.54) is 12.8 Å². The predicted molar refractivity (Wildman–Crippen MR) is 56.0 cm³/mol. The summed E-state index contributed by atoms with van der Waals surface area (Å²) in [5.41, 5.74) is 0.0208. The van der Waals surface area contributed by atoms with E-state index in [0.717, 1.165) is 19.0 Å². The lowest BCUT2D eigenvalue weighted by Crippen LogP contribution is -2.72. The third kappa shape index (κ3) is 0.892. The molecule has 1 saturated carbocycles. The Morgan fingerprint density at radius 1 is 1.00 bits per heavy atom. The molecule has 3 unspecified atom stereocenters. The zero-order valence-corrected chi connectivity index (χ0v) is 9.45. The first kappa shape index (κ1) is 9.17. The van der Waals surface area contributed by atoms with Crippen LogP contribution in [0.25, 0.3) is 0 Å². The predicted octanol–water partition coefficient (Wildman–Crippen LogP) is 1.49. The van der Waals surface area contributed by atoms with Crippen LogP contribution in [-0.2, 0) is 0 Å². The third-order valence-electron chi connectivity index (χ3n) is 5.49. The van der Waals surface area contributed by atoms with Crippen molar-refractivity contribution >= 4 is 0 Å². The molecular formula is C12H21NO. The first-order chi connectivity index (χ1) is 6.42. The summed E-state index contributed by atoms with van der Waals surface area (Å²) in [6.45, 7) is 9.06. The van der Waals surface area contributed by atoms with Gasteiger partial charge in [0.25, 0.3) is 0 Å². The van der Waals surface area contributed by atoms with E-state index < -0.39 is 0 Å². The van der Waals surface area contributed by atoms with Crippen LogP contribution in [0.3, 0.4) is 0 Å². The number of piperidine rings is 3. The van der Waals surface area contributed by atoms with E-state index in [4.69, 9.17) is 0 Å². The maximum Gasteiger partial charge on any atom is 0.0700 e. The Morgan fingerprint density at radius 2 is 1.50 bits per heavy atom. The molecule has 80 valence electrons.